The molecule has 6 heteroatoms. The second-order valence-electron chi connectivity index (χ2n) is 4.72. The zero-order valence-electron chi connectivity index (χ0n) is 11.4. The third-order valence-electron chi connectivity index (χ3n) is 3.25. The Kier molecular flexibility index (Phi) is 4.43. The van der Waals surface area contributed by atoms with Crippen LogP contribution in [0.3, 0.4) is 0 Å². The van der Waals surface area contributed by atoms with Crippen molar-refractivity contribution >= 4 is 17.3 Å². The molecule has 0 radical (unpaired) electrons. The molecule has 1 amide bonds. The fourth-order valence-corrected chi connectivity index (χ4v) is 2.12. The molecule has 3 N–H and O–H groups in total. The molecule has 1 aliphatic rings. The van der Waals surface area contributed by atoms with Crippen LogP contribution in [0.1, 0.15) is 12.5 Å². The van der Waals surface area contributed by atoms with Crippen LogP contribution in [0.2, 0.25) is 0 Å². The summed E-state index contributed by atoms with van der Waals surface area (Å²) in [5.74, 6) is 0.0251. The third kappa shape index (κ3) is 3.19. The van der Waals surface area contributed by atoms with E-state index in [1.807, 2.05) is 6.07 Å². The van der Waals surface area contributed by atoms with Gasteiger partial charge in [0.05, 0.1) is 36.2 Å². The maximum Gasteiger partial charge on any atom is 0.244 e. The first-order valence-electron chi connectivity index (χ1n) is 6.54. The third-order valence-corrected chi connectivity index (χ3v) is 3.25. The summed E-state index contributed by atoms with van der Waals surface area (Å²) in [4.78, 5) is 14.0. The fraction of sp³-hybridized carbons (Fsp3) is 0.429. The van der Waals surface area contributed by atoms with Crippen LogP contribution >= 0.6 is 0 Å². The number of rotatable bonds is 3. The summed E-state index contributed by atoms with van der Waals surface area (Å²) in [5, 5.41) is 11.9. The Labute approximate surface area is 118 Å². The van der Waals surface area contributed by atoms with Gasteiger partial charge in [-0.3, -0.25) is 4.79 Å². The largest absolute Gasteiger partial charge is 0.397 e. The number of carbonyl (C=O) groups is 1. The van der Waals surface area contributed by atoms with Crippen LogP contribution < -0.4 is 11.1 Å². The Morgan fingerprint density at radius 2 is 2.20 bits per heavy atom. The number of benzene rings is 1. The van der Waals surface area contributed by atoms with Gasteiger partial charge in [-0.05, 0) is 25.1 Å². The summed E-state index contributed by atoms with van der Waals surface area (Å²) in [5.41, 5.74) is 7.49. The zero-order chi connectivity index (χ0) is 14.5. The Bertz CT molecular complexity index is 532. The quantitative estimate of drug-likeness (QED) is 0.795. The minimum atomic E-state index is -0.372. The summed E-state index contributed by atoms with van der Waals surface area (Å²) >= 11 is 0. The highest BCUT2D eigenvalue weighted by molar-refractivity contribution is 5.85. The van der Waals surface area contributed by atoms with Crippen molar-refractivity contribution in [2.24, 2.45) is 0 Å². The van der Waals surface area contributed by atoms with Crippen molar-refractivity contribution < 1.29 is 9.53 Å². The van der Waals surface area contributed by atoms with E-state index >= 15 is 0 Å². The van der Waals surface area contributed by atoms with Crippen molar-refractivity contribution in [2.75, 3.05) is 37.4 Å². The number of morpholine rings is 1. The number of anilines is 2. The lowest BCUT2D eigenvalue weighted by molar-refractivity contribution is -0.135. The molecule has 106 valence electrons. The normalized spacial score (nSPS) is 16.3. The first-order valence-corrected chi connectivity index (χ1v) is 6.54. The molecule has 2 rings (SSSR count). The number of nitriles is 1. The second-order valence-corrected chi connectivity index (χ2v) is 4.72. The minimum absolute atomic E-state index is 0.0251. The number of hydrogen-bond donors (Lipinski definition) is 2. The van der Waals surface area contributed by atoms with E-state index in [0.717, 1.165) is 0 Å². The van der Waals surface area contributed by atoms with Crippen LogP contribution in [-0.2, 0) is 9.53 Å². The molecule has 6 nitrogen and oxygen atoms in total. The fourth-order valence-electron chi connectivity index (χ4n) is 2.12. The molecule has 0 aromatic heterocycles. The van der Waals surface area contributed by atoms with E-state index in [0.29, 0.717) is 43.2 Å². The summed E-state index contributed by atoms with van der Waals surface area (Å²) in [7, 11) is 0. The van der Waals surface area contributed by atoms with E-state index < -0.39 is 0 Å². The standard InChI is InChI=1S/C14H18N4O2/c1-10(14(19)18-4-6-20-7-5-18)17-13-3-2-11(9-15)8-12(13)16/h2-3,8,10,17H,4-7,16H2,1H3. The summed E-state index contributed by atoms with van der Waals surface area (Å²) in [6, 6.07) is 6.64. The molecule has 1 saturated heterocycles. The van der Waals surface area contributed by atoms with E-state index in [9.17, 15) is 4.79 Å². The van der Waals surface area contributed by atoms with Gasteiger partial charge in [-0.15, -0.1) is 0 Å². The van der Waals surface area contributed by atoms with E-state index in [2.05, 4.69) is 5.32 Å². The van der Waals surface area contributed by atoms with Gasteiger partial charge >= 0.3 is 0 Å². The highest BCUT2D eigenvalue weighted by atomic mass is 16.5. The van der Waals surface area contributed by atoms with Gasteiger partial charge in [0.25, 0.3) is 0 Å². The Morgan fingerprint density at radius 1 is 1.50 bits per heavy atom. The molecule has 1 heterocycles. The molecule has 1 aliphatic heterocycles. The summed E-state index contributed by atoms with van der Waals surface area (Å²) in [6.45, 7) is 4.20. The van der Waals surface area contributed by atoms with Crippen LogP contribution in [0.25, 0.3) is 0 Å². The number of carbonyl (C=O) groups excluding carboxylic acids is 1. The van der Waals surface area contributed by atoms with E-state index in [-0.39, 0.29) is 11.9 Å². The monoisotopic (exact) mass is 274 g/mol. The predicted octanol–water partition coefficient (Wildman–Crippen LogP) is 0.800. The highest BCUT2D eigenvalue weighted by Crippen LogP contribution is 2.20. The van der Waals surface area contributed by atoms with Crippen molar-refractivity contribution in [3.05, 3.63) is 23.8 Å². The average molecular weight is 274 g/mol. The Morgan fingerprint density at radius 3 is 2.80 bits per heavy atom. The second kappa shape index (κ2) is 6.26. The van der Waals surface area contributed by atoms with Crippen LogP contribution in [0.5, 0.6) is 0 Å². The Hall–Kier alpha value is -2.26. The topological polar surface area (TPSA) is 91.4 Å². The van der Waals surface area contributed by atoms with Crippen LogP contribution in [0.15, 0.2) is 18.2 Å². The Balaban J connectivity index is 2.02. The lowest BCUT2D eigenvalue weighted by Gasteiger charge is -2.30. The van der Waals surface area contributed by atoms with Gasteiger partial charge in [0.15, 0.2) is 0 Å². The minimum Gasteiger partial charge on any atom is -0.397 e. The molecule has 0 aliphatic carbocycles. The van der Waals surface area contributed by atoms with Gasteiger partial charge in [-0.2, -0.15) is 5.26 Å². The van der Waals surface area contributed by atoms with Gasteiger partial charge in [-0.25, -0.2) is 0 Å². The molecule has 1 aromatic carbocycles. The number of nitrogens with zero attached hydrogens (tertiary/aromatic N) is 2. The SMILES string of the molecule is CC(Nc1ccc(C#N)cc1N)C(=O)N1CCOCC1. The molecule has 1 unspecified atom stereocenters. The van der Waals surface area contributed by atoms with Crippen molar-refractivity contribution in [1.29, 1.82) is 5.26 Å². The van der Waals surface area contributed by atoms with Crippen LogP contribution in [0, 0.1) is 11.3 Å². The number of hydrogen-bond acceptors (Lipinski definition) is 5. The van der Waals surface area contributed by atoms with Gasteiger partial charge < -0.3 is 20.7 Å². The first-order chi connectivity index (χ1) is 9.61. The van der Waals surface area contributed by atoms with Gasteiger partial charge in [0.1, 0.15) is 6.04 Å². The molecule has 20 heavy (non-hydrogen) atoms. The molecule has 1 fully saturated rings. The van der Waals surface area contributed by atoms with Crippen LogP contribution in [-0.4, -0.2) is 43.2 Å². The van der Waals surface area contributed by atoms with Crippen molar-refractivity contribution in [3.8, 4) is 6.07 Å². The summed E-state index contributed by atoms with van der Waals surface area (Å²) < 4.78 is 5.23. The maximum atomic E-state index is 12.3. The highest BCUT2D eigenvalue weighted by Gasteiger charge is 2.22. The maximum absolute atomic E-state index is 12.3. The van der Waals surface area contributed by atoms with E-state index in [1.165, 1.54) is 0 Å². The number of amides is 1. The number of nitrogens with two attached hydrogens (primary N) is 1. The lowest BCUT2D eigenvalue weighted by atomic mass is 10.1. The number of ether oxygens (including phenoxy) is 1. The smallest absolute Gasteiger partial charge is 0.244 e. The van der Waals surface area contributed by atoms with Crippen molar-refractivity contribution in [1.82, 2.24) is 4.90 Å². The van der Waals surface area contributed by atoms with Crippen LogP contribution in [0.4, 0.5) is 11.4 Å². The van der Waals surface area contributed by atoms with E-state index in [4.69, 9.17) is 15.7 Å². The summed E-state index contributed by atoms with van der Waals surface area (Å²) in [6.07, 6.45) is 0. The molecular weight excluding hydrogens is 256 g/mol. The zero-order valence-corrected chi connectivity index (χ0v) is 11.4. The first kappa shape index (κ1) is 14.2. The van der Waals surface area contributed by atoms with Crippen molar-refractivity contribution in [2.45, 2.75) is 13.0 Å². The molecule has 0 spiro atoms. The molecule has 0 saturated carbocycles. The molecular formula is C14H18N4O2. The van der Waals surface area contributed by atoms with E-state index in [1.54, 1.807) is 30.0 Å². The van der Waals surface area contributed by atoms with Crippen molar-refractivity contribution in [3.63, 3.8) is 0 Å². The molecule has 1 aromatic rings. The predicted molar refractivity (Wildman–Crippen MR) is 76.1 cm³/mol. The van der Waals surface area contributed by atoms with Gasteiger partial charge in [0.2, 0.25) is 5.91 Å². The number of nitrogen functional groups attached to an aromatic ring is 1. The van der Waals surface area contributed by atoms with Gasteiger partial charge in [0, 0.05) is 13.1 Å². The lowest BCUT2D eigenvalue weighted by Crippen LogP contribution is -2.47. The molecule has 0 bridgehead atoms. The molecule has 1 atom stereocenters. The van der Waals surface area contributed by atoms with Gasteiger partial charge in [-0.1, -0.05) is 0 Å². The average Bonchev–Trinajstić information content (AvgIpc) is 2.49. The number of nitrogens with one attached hydrogen (secondary N) is 1.